The molecule has 3 aromatic rings. The van der Waals surface area contributed by atoms with Crippen LogP contribution in [0.15, 0.2) is 77.7 Å². The van der Waals surface area contributed by atoms with E-state index in [9.17, 15) is 23.3 Å². The average Bonchev–Trinajstić information content (AvgIpc) is 2.88. The third-order valence-corrected chi connectivity index (χ3v) is 6.83. The minimum Gasteiger partial charge on any atom is -0.490 e. The van der Waals surface area contributed by atoms with Crippen LogP contribution in [0.1, 0.15) is 19.4 Å². The average molecular weight is 514 g/mol. The van der Waals surface area contributed by atoms with E-state index in [0.717, 1.165) is 15.9 Å². The van der Waals surface area contributed by atoms with Crippen molar-refractivity contribution in [1.29, 1.82) is 0 Å². The first kappa shape index (κ1) is 26.5. The predicted molar refractivity (Wildman–Crippen MR) is 135 cm³/mol. The van der Waals surface area contributed by atoms with E-state index in [-0.39, 0.29) is 22.8 Å². The van der Waals surface area contributed by atoms with Crippen molar-refractivity contribution in [2.45, 2.75) is 25.3 Å². The molecule has 0 fully saturated rings. The Labute approximate surface area is 209 Å². The van der Waals surface area contributed by atoms with Gasteiger partial charge in [0.1, 0.15) is 6.54 Å². The van der Waals surface area contributed by atoms with Crippen LogP contribution in [0.2, 0.25) is 0 Å². The number of non-ortho nitro benzene ring substituents is 1. The molecule has 0 saturated carbocycles. The van der Waals surface area contributed by atoms with Gasteiger partial charge < -0.3 is 14.8 Å². The highest BCUT2D eigenvalue weighted by Crippen LogP contribution is 2.29. The van der Waals surface area contributed by atoms with Crippen LogP contribution in [0.5, 0.6) is 11.5 Å². The highest BCUT2D eigenvalue weighted by molar-refractivity contribution is 7.92. The zero-order valence-corrected chi connectivity index (χ0v) is 20.7. The van der Waals surface area contributed by atoms with E-state index in [1.165, 1.54) is 30.3 Å². The first-order valence-corrected chi connectivity index (χ1v) is 12.7. The summed E-state index contributed by atoms with van der Waals surface area (Å²) < 4.78 is 38.8. The van der Waals surface area contributed by atoms with Gasteiger partial charge in [-0.05, 0) is 49.7 Å². The first-order valence-electron chi connectivity index (χ1n) is 11.2. The number of nitro benzene ring substituents is 1. The number of sulfonamides is 1. The lowest BCUT2D eigenvalue weighted by atomic mass is 10.2. The van der Waals surface area contributed by atoms with Gasteiger partial charge in [-0.15, -0.1) is 0 Å². The molecule has 11 heteroatoms. The molecule has 1 amide bonds. The molecule has 0 aromatic heterocycles. The van der Waals surface area contributed by atoms with E-state index in [0.29, 0.717) is 24.7 Å². The van der Waals surface area contributed by atoms with Gasteiger partial charge in [0, 0.05) is 18.7 Å². The van der Waals surface area contributed by atoms with Crippen molar-refractivity contribution >= 4 is 27.3 Å². The molecular formula is C25H27N3O7S. The fourth-order valence-electron chi connectivity index (χ4n) is 3.39. The van der Waals surface area contributed by atoms with Crippen molar-refractivity contribution in [3.8, 4) is 11.5 Å². The lowest BCUT2D eigenvalue weighted by molar-refractivity contribution is -0.384. The third-order valence-electron chi connectivity index (χ3n) is 5.04. The molecule has 3 aromatic carbocycles. The molecule has 0 heterocycles. The van der Waals surface area contributed by atoms with E-state index < -0.39 is 27.4 Å². The smallest absolute Gasteiger partial charge is 0.271 e. The Morgan fingerprint density at radius 1 is 0.944 bits per heavy atom. The van der Waals surface area contributed by atoms with E-state index in [2.05, 4.69) is 5.32 Å². The van der Waals surface area contributed by atoms with Crippen molar-refractivity contribution in [3.63, 3.8) is 0 Å². The number of rotatable bonds is 12. The number of amides is 1. The minimum absolute atomic E-state index is 0.00269. The van der Waals surface area contributed by atoms with Gasteiger partial charge in [0.15, 0.2) is 11.5 Å². The topological polar surface area (TPSA) is 128 Å². The van der Waals surface area contributed by atoms with Gasteiger partial charge in [0.2, 0.25) is 5.91 Å². The number of anilines is 1. The van der Waals surface area contributed by atoms with Gasteiger partial charge in [0.05, 0.1) is 28.7 Å². The van der Waals surface area contributed by atoms with Crippen molar-refractivity contribution in [2.24, 2.45) is 0 Å². The monoisotopic (exact) mass is 513 g/mol. The van der Waals surface area contributed by atoms with Crippen molar-refractivity contribution in [2.75, 3.05) is 24.1 Å². The summed E-state index contributed by atoms with van der Waals surface area (Å²) in [6.45, 7) is 4.15. The lowest BCUT2D eigenvalue weighted by Crippen LogP contribution is -2.40. The van der Waals surface area contributed by atoms with Gasteiger partial charge in [0.25, 0.3) is 15.7 Å². The van der Waals surface area contributed by atoms with Gasteiger partial charge in [-0.3, -0.25) is 19.2 Å². The predicted octanol–water partition coefficient (Wildman–Crippen LogP) is 3.90. The highest BCUT2D eigenvalue weighted by Gasteiger charge is 2.28. The summed E-state index contributed by atoms with van der Waals surface area (Å²) in [5.74, 6) is 0.532. The number of ether oxygens (including phenoxy) is 2. The molecule has 0 bridgehead atoms. The van der Waals surface area contributed by atoms with Gasteiger partial charge >= 0.3 is 0 Å². The van der Waals surface area contributed by atoms with Crippen LogP contribution in [0.4, 0.5) is 11.4 Å². The molecule has 1 N–H and O–H groups in total. The first-order chi connectivity index (χ1) is 17.3. The quantitative estimate of drug-likeness (QED) is 0.287. The fourth-order valence-corrected chi connectivity index (χ4v) is 4.82. The molecule has 10 nitrogen and oxygen atoms in total. The lowest BCUT2D eigenvalue weighted by Gasteiger charge is -2.24. The Morgan fingerprint density at radius 3 is 2.31 bits per heavy atom. The number of carbonyl (C=O) groups excluding carboxylic acids is 1. The van der Waals surface area contributed by atoms with Crippen molar-refractivity contribution in [3.05, 3.63) is 88.5 Å². The highest BCUT2D eigenvalue weighted by atomic mass is 32.2. The summed E-state index contributed by atoms with van der Waals surface area (Å²) in [5.41, 5.74) is 0.435. The summed E-state index contributed by atoms with van der Waals surface area (Å²) in [5, 5.41) is 14.0. The maximum absolute atomic E-state index is 13.4. The van der Waals surface area contributed by atoms with Crippen molar-refractivity contribution < 1.29 is 27.6 Å². The number of carbonyl (C=O) groups is 1. The Morgan fingerprint density at radius 2 is 1.64 bits per heavy atom. The molecule has 0 aliphatic rings. The third kappa shape index (κ3) is 6.51. The Balaban J connectivity index is 1.84. The zero-order valence-electron chi connectivity index (χ0n) is 19.9. The summed E-state index contributed by atoms with van der Waals surface area (Å²) in [4.78, 5) is 23.5. The van der Waals surface area contributed by atoms with Crippen LogP contribution in [-0.4, -0.2) is 39.0 Å². The Bertz CT molecular complexity index is 1310. The van der Waals surface area contributed by atoms with Crippen molar-refractivity contribution in [1.82, 2.24) is 5.32 Å². The molecule has 190 valence electrons. The number of nitrogens with one attached hydrogen (secondary N) is 1. The standard InChI is InChI=1S/C25H27N3O7S/c1-3-34-23-14-13-19(15-24(23)35-4-2)17-26-25(29)18-27(20-9-8-10-21(16-20)28(30)31)36(32,33)22-11-6-5-7-12-22/h5-16H,3-4,17-18H2,1-2H3,(H,26,29). The van der Waals surface area contributed by atoms with Gasteiger partial charge in [-0.25, -0.2) is 8.42 Å². The maximum atomic E-state index is 13.4. The molecular weight excluding hydrogens is 486 g/mol. The van der Waals surface area contributed by atoms with Gasteiger partial charge in [-0.2, -0.15) is 0 Å². The molecule has 0 spiro atoms. The number of nitrogens with zero attached hydrogens (tertiary/aromatic N) is 2. The minimum atomic E-state index is -4.19. The molecule has 0 aliphatic carbocycles. The molecule has 0 radical (unpaired) electrons. The van der Waals surface area contributed by atoms with Crippen LogP contribution >= 0.6 is 0 Å². The molecule has 0 aliphatic heterocycles. The Kier molecular flexibility index (Phi) is 8.85. The van der Waals surface area contributed by atoms with Crippen LogP contribution in [0, 0.1) is 10.1 Å². The van der Waals surface area contributed by atoms with Crippen LogP contribution in [-0.2, 0) is 21.4 Å². The van der Waals surface area contributed by atoms with E-state index in [1.807, 2.05) is 13.8 Å². The largest absolute Gasteiger partial charge is 0.490 e. The van der Waals surface area contributed by atoms with Crippen LogP contribution in [0.3, 0.4) is 0 Å². The molecule has 0 unspecified atom stereocenters. The second kappa shape index (κ2) is 12.0. The maximum Gasteiger partial charge on any atom is 0.271 e. The van der Waals surface area contributed by atoms with Crippen LogP contribution in [0.25, 0.3) is 0 Å². The number of benzene rings is 3. The second-order valence-corrected chi connectivity index (χ2v) is 9.39. The second-order valence-electron chi connectivity index (χ2n) is 7.53. The summed E-state index contributed by atoms with van der Waals surface area (Å²) in [7, 11) is -4.19. The van der Waals surface area contributed by atoms with E-state index >= 15 is 0 Å². The molecule has 3 rings (SSSR count). The number of hydrogen-bond acceptors (Lipinski definition) is 7. The summed E-state index contributed by atoms with van der Waals surface area (Å²) in [6.07, 6.45) is 0. The molecule has 36 heavy (non-hydrogen) atoms. The number of nitro groups is 1. The van der Waals surface area contributed by atoms with E-state index in [1.54, 1.807) is 36.4 Å². The Hall–Kier alpha value is -4.12. The zero-order chi connectivity index (χ0) is 26.1. The SMILES string of the molecule is CCOc1ccc(CNC(=O)CN(c2cccc([N+](=O)[O-])c2)S(=O)(=O)c2ccccc2)cc1OCC. The molecule has 0 saturated heterocycles. The summed E-state index contributed by atoms with van der Waals surface area (Å²) >= 11 is 0. The summed E-state index contributed by atoms with van der Waals surface area (Å²) in [6, 6.07) is 18.0. The normalized spacial score (nSPS) is 10.9. The number of hydrogen-bond donors (Lipinski definition) is 1. The van der Waals surface area contributed by atoms with Gasteiger partial charge in [-0.1, -0.05) is 30.3 Å². The van der Waals surface area contributed by atoms with Crippen LogP contribution < -0.4 is 19.1 Å². The van der Waals surface area contributed by atoms with E-state index in [4.69, 9.17) is 9.47 Å². The molecule has 0 atom stereocenters. The fraction of sp³-hybridized carbons (Fsp3) is 0.240.